The summed E-state index contributed by atoms with van der Waals surface area (Å²) in [6, 6.07) is 0. The van der Waals surface area contributed by atoms with Gasteiger partial charge in [0.2, 0.25) is 11.1 Å². The number of carbonyl (C=O) groups is 2. The van der Waals surface area contributed by atoms with Crippen molar-refractivity contribution in [1.82, 2.24) is 4.90 Å². The van der Waals surface area contributed by atoms with E-state index in [-0.39, 0.29) is 5.91 Å². The summed E-state index contributed by atoms with van der Waals surface area (Å²) in [4.78, 5) is 27.4. The molecule has 0 aromatic heterocycles. The number of primary amides is 1. The summed E-state index contributed by atoms with van der Waals surface area (Å²) < 4.78 is -0.575. The van der Waals surface area contributed by atoms with Crippen molar-refractivity contribution in [2.75, 3.05) is 7.05 Å². The zero-order valence-corrected chi connectivity index (χ0v) is 8.92. The van der Waals surface area contributed by atoms with E-state index in [4.69, 9.17) is 5.73 Å². The maximum absolute atomic E-state index is 11.5. The van der Waals surface area contributed by atoms with Gasteiger partial charge in [-0.1, -0.05) is 11.8 Å². The Morgan fingerprint density at radius 3 is 2.57 bits per heavy atom. The molecule has 6 nitrogen and oxygen atoms in total. The third kappa shape index (κ3) is 1.98. The maximum Gasteiger partial charge on any atom is 0.430 e. The fourth-order valence-electron chi connectivity index (χ4n) is 0.995. The van der Waals surface area contributed by atoms with Crippen molar-refractivity contribution in [1.29, 1.82) is 0 Å². The summed E-state index contributed by atoms with van der Waals surface area (Å²) in [5, 5.41) is 3.79. The molecular formula is C7H11N3O3S. The van der Waals surface area contributed by atoms with Gasteiger partial charge in [0.15, 0.2) is 0 Å². The number of nitrogens with two attached hydrogens (primary N) is 1. The molecule has 1 fully saturated rings. The molecule has 1 aliphatic heterocycles. The van der Waals surface area contributed by atoms with Gasteiger partial charge in [-0.25, -0.2) is 4.79 Å². The number of thioether (sulfide) groups is 1. The molecular weight excluding hydrogens is 206 g/mol. The van der Waals surface area contributed by atoms with Gasteiger partial charge in [-0.05, 0) is 19.0 Å². The molecule has 0 aromatic rings. The van der Waals surface area contributed by atoms with Crippen LogP contribution in [-0.2, 0) is 9.63 Å². The Morgan fingerprint density at radius 1 is 1.64 bits per heavy atom. The van der Waals surface area contributed by atoms with E-state index in [1.54, 1.807) is 20.9 Å². The second kappa shape index (κ2) is 3.49. The van der Waals surface area contributed by atoms with Crippen LogP contribution in [0.2, 0.25) is 0 Å². The number of oxime groups is 1. The van der Waals surface area contributed by atoms with Gasteiger partial charge < -0.3 is 5.73 Å². The summed E-state index contributed by atoms with van der Waals surface area (Å²) >= 11 is 1.22. The molecule has 2 amide bonds. The number of rotatable bonds is 1. The van der Waals surface area contributed by atoms with Crippen molar-refractivity contribution in [2.45, 2.75) is 18.6 Å². The quantitative estimate of drug-likeness (QED) is 0.507. The summed E-state index contributed by atoms with van der Waals surface area (Å²) in [6.07, 6.45) is -0.997. The lowest BCUT2D eigenvalue weighted by atomic mass is 10.2. The van der Waals surface area contributed by atoms with E-state index < -0.39 is 10.8 Å². The first-order valence-corrected chi connectivity index (χ1v) is 4.68. The van der Waals surface area contributed by atoms with E-state index in [0.29, 0.717) is 5.17 Å². The van der Waals surface area contributed by atoms with Crippen LogP contribution in [-0.4, -0.2) is 33.9 Å². The number of nitrogens with zero attached hydrogens (tertiary/aromatic N) is 2. The van der Waals surface area contributed by atoms with Crippen LogP contribution in [0.4, 0.5) is 4.79 Å². The van der Waals surface area contributed by atoms with Crippen molar-refractivity contribution in [3.8, 4) is 0 Å². The molecule has 2 N–H and O–H groups in total. The highest BCUT2D eigenvalue weighted by molar-refractivity contribution is 8.16. The van der Waals surface area contributed by atoms with E-state index in [2.05, 4.69) is 9.99 Å². The smallest absolute Gasteiger partial charge is 0.333 e. The van der Waals surface area contributed by atoms with E-state index in [1.165, 1.54) is 16.7 Å². The average Bonchev–Trinajstić information content (AvgIpc) is 2.26. The van der Waals surface area contributed by atoms with Crippen molar-refractivity contribution >= 4 is 28.9 Å². The van der Waals surface area contributed by atoms with Crippen LogP contribution in [0.1, 0.15) is 13.8 Å². The topological polar surface area (TPSA) is 85.0 Å². The van der Waals surface area contributed by atoms with Gasteiger partial charge in [-0.3, -0.25) is 14.5 Å². The highest BCUT2D eigenvalue weighted by Crippen LogP contribution is 2.35. The summed E-state index contributed by atoms with van der Waals surface area (Å²) in [5.74, 6) is -0.0886. The molecule has 7 heteroatoms. The fourth-order valence-corrected chi connectivity index (χ4v) is 1.97. The number of hydrogen-bond donors (Lipinski definition) is 1. The predicted molar refractivity (Wildman–Crippen MR) is 52.5 cm³/mol. The van der Waals surface area contributed by atoms with Crippen LogP contribution < -0.4 is 5.73 Å². The third-order valence-electron chi connectivity index (χ3n) is 1.67. The zero-order chi connectivity index (χ0) is 10.9. The predicted octanol–water partition coefficient (Wildman–Crippen LogP) is 0.337. The van der Waals surface area contributed by atoms with Crippen LogP contribution in [0, 0.1) is 0 Å². The molecule has 1 saturated heterocycles. The van der Waals surface area contributed by atoms with E-state index in [0.717, 1.165) is 0 Å². The van der Waals surface area contributed by atoms with Crippen molar-refractivity contribution in [3.05, 3.63) is 0 Å². The largest absolute Gasteiger partial charge is 0.430 e. The molecule has 0 radical (unpaired) electrons. The minimum Gasteiger partial charge on any atom is -0.333 e. The van der Waals surface area contributed by atoms with Gasteiger partial charge in [0, 0.05) is 7.05 Å². The highest BCUT2D eigenvalue weighted by atomic mass is 32.2. The normalized spacial score (nSPS) is 22.9. The molecule has 0 unspecified atom stereocenters. The number of amides is 2. The van der Waals surface area contributed by atoms with E-state index in [1.807, 2.05) is 0 Å². The average molecular weight is 217 g/mol. The molecule has 0 aromatic carbocycles. The van der Waals surface area contributed by atoms with Crippen LogP contribution >= 0.6 is 11.8 Å². The van der Waals surface area contributed by atoms with Gasteiger partial charge in [0.1, 0.15) is 0 Å². The van der Waals surface area contributed by atoms with Crippen molar-refractivity contribution in [2.24, 2.45) is 10.9 Å². The molecule has 1 rings (SSSR count). The standard InChI is InChI=1S/C7H11N3O3S/c1-7(2)4(11)10(3)6(14-7)9-13-5(8)12/h1-3H3,(H2,8,12). The third-order valence-corrected chi connectivity index (χ3v) is 2.88. The first-order valence-electron chi connectivity index (χ1n) is 3.86. The Labute approximate surface area is 85.4 Å². The number of hydrogen-bond acceptors (Lipinski definition) is 5. The molecule has 0 spiro atoms. The van der Waals surface area contributed by atoms with Gasteiger partial charge in [-0.2, -0.15) is 0 Å². The molecule has 0 aliphatic carbocycles. The van der Waals surface area contributed by atoms with Crippen LogP contribution in [0.25, 0.3) is 0 Å². The lowest BCUT2D eigenvalue weighted by Gasteiger charge is -2.11. The van der Waals surface area contributed by atoms with Crippen LogP contribution in [0.15, 0.2) is 5.16 Å². The second-order valence-electron chi connectivity index (χ2n) is 3.26. The minimum atomic E-state index is -0.997. The molecule has 78 valence electrons. The molecule has 1 heterocycles. The fraction of sp³-hybridized carbons (Fsp3) is 0.571. The summed E-state index contributed by atoms with van der Waals surface area (Å²) in [5.41, 5.74) is 4.74. The van der Waals surface area contributed by atoms with Crippen LogP contribution in [0.3, 0.4) is 0 Å². The molecule has 0 bridgehead atoms. The monoisotopic (exact) mass is 217 g/mol. The van der Waals surface area contributed by atoms with E-state index >= 15 is 0 Å². The maximum atomic E-state index is 11.5. The molecule has 0 atom stereocenters. The Hall–Kier alpha value is -1.24. The molecule has 1 aliphatic rings. The SMILES string of the molecule is CN1C(=O)C(C)(C)SC1=NOC(N)=O. The lowest BCUT2D eigenvalue weighted by molar-refractivity contribution is -0.127. The Balaban J connectivity index is 2.80. The minimum absolute atomic E-state index is 0.0886. The molecule has 0 saturated carbocycles. The lowest BCUT2D eigenvalue weighted by Crippen LogP contribution is -2.32. The van der Waals surface area contributed by atoms with Gasteiger partial charge in [-0.15, -0.1) is 0 Å². The van der Waals surface area contributed by atoms with Gasteiger partial charge in [0.25, 0.3) is 0 Å². The summed E-state index contributed by atoms with van der Waals surface area (Å²) in [7, 11) is 1.56. The van der Waals surface area contributed by atoms with Crippen molar-refractivity contribution < 1.29 is 14.4 Å². The van der Waals surface area contributed by atoms with Gasteiger partial charge in [0.05, 0.1) is 4.75 Å². The zero-order valence-electron chi connectivity index (χ0n) is 8.10. The highest BCUT2D eigenvalue weighted by Gasteiger charge is 2.43. The first-order chi connectivity index (χ1) is 6.34. The number of carbonyl (C=O) groups excluding carboxylic acids is 2. The van der Waals surface area contributed by atoms with Gasteiger partial charge >= 0.3 is 6.09 Å². The molecule has 14 heavy (non-hydrogen) atoms. The van der Waals surface area contributed by atoms with Crippen molar-refractivity contribution in [3.63, 3.8) is 0 Å². The first kappa shape index (κ1) is 10.8. The second-order valence-corrected chi connectivity index (χ2v) is 4.85. The Bertz CT molecular complexity index is 313. The summed E-state index contributed by atoms with van der Waals surface area (Å²) in [6.45, 7) is 3.53. The number of amidine groups is 1. The Kier molecular flexibility index (Phi) is 2.70. The Morgan fingerprint density at radius 2 is 2.21 bits per heavy atom. The van der Waals surface area contributed by atoms with E-state index in [9.17, 15) is 9.59 Å². The van der Waals surface area contributed by atoms with Crippen LogP contribution in [0.5, 0.6) is 0 Å².